The predicted molar refractivity (Wildman–Crippen MR) is 456 cm³/mol. The second-order valence-corrected chi connectivity index (χ2v) is 33.7. The van der Waals surface area contributed by atoms with Crippen LogP contribution in [0.4, 0.5) is 0 Å². The molecule has 0 aliphatic rings. The number of hydrogen-bond donors (Lipinski definition) is 23. The minimum Gasteiger partial charge on any atom is -0.493 e. The Balaban J connectivity index is 1.84. The molecular formula is C80H116N20O22S2. The van der Waals surface area contributed by atoms with Crippen LogP contribution in [0.25, 0.3) is 10.9 Å². The van der Waals surface area contributed by atoms with E-state index in [-0.39, 0.29) is 59.9 Å². The van der Waals surface area contributed by atoms with Gasteiger partial charge in [-0.2, -0.15) is 25.3 Å². The van der Waals surface area contributed by atoms with E-state index in [9.17, 15) is 67.4 Å². The SMILES string of the molecule is COc1ccc(C[C@H](NC(=O)[C@H](Cc2ccc(C(N)=O)cc2)NC(=O)[C@@H](NC(=O)[C@H](CCC(N)=O)NC(=O)[C@H](Cc2c[nH]c3ccccc23)NC(=O)[C@@H](NC(=O)[C@H](CCC(N)=O)NC(=O)[C@@H](NC(C)=O)C(C)(C)S)[C@@H](C)O)C(C)(C)S)C(=O)N[C@](C)(C(=O)N[C@@H](CCCCNC(C)=O)C(=O)N[C@@H](CC(N)=O)C(=O)N[C@@H](CC(N)=O)C(N)=O)C(C)C)cc1OC. The van der Waals surface area contributed by atoms with Crippen molar-refractivity contribution in [1.29, 1.82) is 0 Å². The van der Waals surface area contributed by atoms with Crippen molar-refractivity contribution >= 4 is 148 Å². The average Bonchev–Trinajstić information content (AvgIpc) is 0.955. The Morgan fingerprint density at radius 2 is 0.895 bits per heavy atom. The van der Waals surface area contributed by atoms with Crippen LogP contribution in [0.5, 0.6) is 11.5 Å². The molecule has 0 saturated heterocycles. The molecule has 42 nitrogen and oxygen atoms in total. The number of thiol groups is 2. The first-order chi connectivity index (χ1) is 57.8. The van der Waals surface area contributed by atoms with Crippen molar-refractivity contribution in [3.63, 3.8) is 0 Å². The van der Waals surface area contributed by atoms with Gasteiger partial charge in [0, 0.05) is 84.7 Å². The van der Waals surface area contributed by atoms with Gasteiger partial charge in [-0.05, 0) is 127 Å². The van der Waals surface area contributed by atoms with Crippen LogP contribution >= 0.6 is 25.3 Å². The number of primary amides is 6. The Morgan fingerprint density at radius 3 is 1.40 bits per heavy atom. The zero-order chi connectivity index (χ0) is 93.6. The molecule has 680 valence electrons. The molecule has 0 unspecified atom stereocenters. The number of hydrogen-bond acceptors (Lipinski definition) is 24. The number of aliphatic hydroxyl groups excluding tert-OH is 1. The summed E-state index contributed by atoms with van der Waals surface area (Å²) in [4.78, 5) is 263. The highest BCUT2D eigenvalue weighted by Gasteiger charge is 2.45. The molecule has 0 radical (unpaired) electrons. The third-order valence-electron chi connectivity index (χ3n) is 19.9. The number of unbranched alkanes of at least 4 members (excludes halogenated alkanes) is 1. The Morgan fingerprint density at radius 1 is 0.452 bits per heavy atom. The van der Waals surface area contributed by atoms with E-state index in [1.165, 1.54) is 118 Å². The van der Waals surface area contributed by atoms with E-state index in [1.807, 2.05) is 0 Å². The summed E-state index contributed by atoms with van der Waals surface area (Å²) in [5.74, 6) is -20.1. The first-order valence-corrected chi connectivity index (χ1v) is 40.3. The number of H-pyrrole nitrogens is 1. The molecule has 19 amide bonds. The second kappa shape index (κ2) is 47.7. The van der Waals surface area contributed by atoms with E-state index >= 15 is 28.8 Å². The summed E-state index contributed by atoms with van der Waals surface area (Å²) in [5.41, 5.74) is 32.2. The summed E-state index contributed by atoms with van der Waals surface area (Å²) in [7, 11) is 2.68. The highest BCUT2D eigenvalue weighted by Crippen LogP contribution is 2.30. The van der Waals surface area contributed by atoms with E-state index in [1.54, 1.807) is 24.3 Å². The number of aromatic nitrogens is 1. The van der Waals surface area contributed by atoms with Gasteiger partial charge in [0.2, 0.25) is 112 Å². The lowest BCUT2D eigenvalue weighted by Crippen LogP contribution is -2.66. The number of nitrogens with one attached hydrogen (secondary N) is 14. The van der Waals surface area contributed by atoms with Crippen LogP contribution in [-0.2, 0) is 106 Å². The zero-order valence-electron chi connectivity index (χ0n) is 71.0. The maximum Gasteiger partial charge on any atom is 0.248 e. The van der Waals surface area contributed by atoms with Gasteiger partial charge in [0.15, 0.2) is 11.5 Å². The molecule has 0 bridgehead atoms. The fourth-order valence-corrected chi connectivity index (χ4v) is 13.0. The lowest BCUT2D eigenvalue weighted by Gasteiger charge is -2.36. The van der Waals surface area contributed by atoms with E-state index < -0.39 is 258 Å². The molecule has 4 aromatic rings. The van der Waals surface area contributed by atoms with E-state index in [2.05, 4.69) is 86.7 Å². The highest BCUT2D eigenvalue weighted by molar-refractivity contribution is 7.82. The summed E-state index contributed by atoms with van der Waals surface area (Å²) in [6.07, 6.45) is -5.32. The summed E-state index contributed by atoms with van der Waals surface area (Å²) >= 11 is 9.13. The average molecular weight is 1770 g/mol. The molecule has 0 aliphatic carbocycles. The van der Waals surface area contributed by atoms with Crippen LogP contribution < -0.4 is 113 Å². The molecular weight excluding hydrogens is 1660 g/mol. The zero-order valence-corrected chi connectivity index (χ0v) is 72.8. The smallest absolute Gasteiger partial charge is 0.248 e. The van der Waals surface area contributed by atoms with Crippen molar-refractivity contribution in [2.75, 3.05) is 20.8 Å². The summed E-state index contributed by atoms with van der Waals surface area (Å²) in [6.45, 7) is 13.7. The molecule has 13 atom stereocenters. The molecule has 1 heterocycles. The number of nitrogens with two attached hydrogens (primary N) is 6. The van der Waals surface area contributed by atoms with Gasteiger partial charge in [-0.15, -0.1) is 0 Å². The molecule has 0 fully saturated rings. The van der Waals surface area contributed by atoms with Crippen LogP contribution in [0.1, 0.15) is 154 Å². The van der Waals surface area contributed by atoms with Crippen molar-refractivity contribution in [3.8, 4) is 11.5 Å². The summed E-state index contributed by atoms with van der Waals surface area (Å²) < 4.78 is 8.11. The van der Waals surface area contributed by atoms with Gasteiger partial charge >= 0.3 is 0 Å². The first-order valence-electron chi connectivity index (χ1n) is 39.4. The molecule has 0 spiro atoms. The van der Waals surface area contributed by atoms with Crippen molar-refractivity contribution in [1.82, 2.24) is 74.1 Å². The number of fused-ring (bicyclic) bond motifs is 1. The summed E-state index contributed by atoms with van der Waals surface area (Å²) in [6, 6.07) is -2.53. The molecule has 3 aromatic carbocycles. The fourth-order valence-electron chi connectivity index (χ4n) is 12.6. The van der Waals surface area contributed by atoms with E-state index in [4.69, 9.17) is 56.5 Å². The monoisotopic (exact) mass is 1770 g/mol. The van der Waals surface area contributed by atoms with Gasteiger partial charge in [-0.1, -0.05) is 50.2 Å². The van der Waals surface area contributed by atoms with Crippen molar-refractivity contribution < 1.29 is 106 Å². The maximum atomic E-state index is 15.5. The number of ether oxygens (including phenoxy) is 2. The van der Waals surface area contributed by atoms with E-state index in [0.29, 0.717) is 16.5 Å². The normalized spacial score (nSPS) is 14.7. The number of amides is 19. The Kier molecular flexibility index (Phi) is 39.9. The van der Waals surface area contributed by atoms with Gasteiger partial charge in [-0.25, -0.2) is 0 Å². The van der Waals surface area contributed by atoms with Crippen molar-refractivity contribution in [2.24, 2.45) is 40.3 Å². The third kappa shape index (κ3) is 33.0. The Bertz CT molecular complexity index is 4570. The number of carbonyl (C=O) groups excluding carboxylic acids is 19. The van der Waals surface area contributed by atoms with E-state index in [0.717, 1.165) is 13.8 Å². The fraction of sp³-hybridized carbons (Fsp3) is 0.512. The van der Waals surface area contributed by atoms with Crippen molar-refractivity contribution in [2.45, 2.75) is 234 Å². The van der Waals surface area contributed by atoms with Crippen LogP contribution in [0.3, 0.4) is 0 Å². The number of carbonyl (C=O) groups is 19. The topological polar surface area (TPSA) is 691 Å². The first kappa shape index (κ1) is 104. The van der Waals surface area contributed by atoms with Crippen LogP contribution in [0.2, 0.25) is 0 Å². The number of aromatic amines is 1. The molecule has 0 aliphatic heterocycles. The maximum absolute atomic E-state index is 15.5. The van der Waals surface area contributed by atoms with Crippen LogP contribution in [0, 0.1) is 5.92 Å². The Labute approximate surface area is 726 Å². The van der Waals surface area contributed by atoms with Crippen molar-refractivity contribution in [3.05, 3.63) is 95.2 Å². The lowest BCUT2D eigenvalue weighted by atomic mass is 9.86. The highest BCUT2D eigenvalue weighted by atomic mass is 32.1. The van der Waals surface area contributed by atoms with Gasteiger partial charge in [0.1, 0.15) is 72.0 Å². The molecule has 27 N–H and O–H groups in total. The largest absolute Gasteiger partial charge is 0.493 e. The lowest BCUT2D eigenvalue weighted by molar-refractivity contribution is -0.139. The molecule has 44 heteroatoms. The number of aliphatic hydroxyl groups is 1. The molecule has 1 aromatic heterocycles. The second-order valence-electron chi connectivity index (χ2n) is 31.4. The minimum absolute atomic E-state index is 0.0260. The van der Waals surface area contributed by atoms with Crippen LogP contribution in [0.15, 0.2) is 72.9 Å². The standard InChI is InChI=1S/C80H116N20O22S2/c1-38(2)80(10,77(120)97-48(19-15-16-30-87-40(4)102)67(110)94-55(36-61(84)107)72(115)92-51(66(86)109)35-60(83)106)100-73(116)53(32-43-22-27-56(121-11)57(33-43)122-12)93-70(113)52(31-42-20-23-44(24-21-42)65(85)108)96-76(119)64(79(8,9)124)99-69(112)50(26-29-59(82)105)90-71(114)54(34-45-37-88-47-18-14-13-17-46(45)47)95-74(117)62(39(3)101)98-68(111)49(25-28-58(81)104)91-75(118)63(78(6,7)123)89-41(5)103/h13-14,17-18,20-24,27,33,37-39,48-55,62-64,88,101,123-124H,15-16,19,25-26,28-32,34-36H2,1-12H3,(H2,81,104)(H2,82,105)(H2,83,106)(H2,84,107)(H2,85,108)(H2,86,109)(H,87,102)(H,89,103)(H,90,114)(H,91,118)(H,92,115)(H,93,113)(H,94,110)(H,95,117)(H,96,119)(H,97,120)(H,98,111)(H,99,112)(H,100,116)/t39-,48+,49+,50+,51+,52+,53+,54+,55+,62+,63-,64-,80+/m1/s1. The van der Waals surface area contributed by atoms with Gasteiger partial charge in [0.25, 0.3) is 0 Å². The van der Waals surface area contributed by atoms with Gasteiger partial charge < -0.3 is 123 Å². The number of para-hydroxylation sites is 1. The molecule has 4 rings (SSSR count). The number of benzene rings is 3. The quantitative estimate of drug-likeness (QED) is 0.0145. The predicted octanol–water partition coefficient (Wildman–Crippen LogP) is -4.93. The third-order valence-corrected chi connectivity index (χ3v) is 20.4. The number of methoxy groups -OCH3 is 2. The number of rotatable bonds is 52. The molecule has 0 saturated carbocycles. The summed E-state index contributed by atoms with van der Waals surface area (Å²) in [5, 5.41) is 44.3. The minimum atomic E-state index is -2.09. The van der Waals surface area contributed by atoms with Gasteiger partial charge in [0.05, 0.1) is 33.2 Å². The molecule has 124 heavy (non-hydrogen) atoms. The Hall–Kier alpha value is -12.6. The van der Waals surface area contributed by atoms with Gasteiger partial charge in [-0.3, -0.25) is 91.1 Å². The van der Waals surface area contributed by atoms with Crippen LogP contribution in [-0.4, -0.2) is 231 Å².